The highest BCUT2D eigenvalue weighted by Crippen LogP contribution is 2.29. The lowest BCUT2D eigenvalue weighted by molar-refractivity contribution is 0.0599. The summed E-state index contributed by atoms with van der Waals surface area (Å²) in [7, 11) is 1.35. The molecule has 1 aliphatic carbocycles. The van der Waals surface area contributed by atoms with Gasteiger partial charge in [-0.1, -0.05) is 6.92 Å². The number of ether oxygens (including phenoxy) is 2. The van der Waals surface area contributed by atoms with Crippen LogP contribution < -0.4 is 4.74 Å². The normalized spacial score (nSPS) is 15.5. The van der Waals surface area contributed by atoms with Crippen LogP contribution in [-0.4, -0.2) is 55.4 Å². The van der Waals surface area contributed by atoms with Crippen molar-refractivity contribution in [2.24, 2.45) is 5.92 Å². The molecule has 1 atom stereocenters. The number of hydrogen-bond donors (Lipinski definition) is 1. The van der Waals surface area contributed by atoms with E-state index in [4.69, 9.17) is 4.74 Å². The lowest BCUT2D eigenvalue weighted by atomic mass is 10.2. The average molecular weight is 321 g/mol. The fourth-order valence-corrected chi connectivity index (χ4v) is 2.59. The summed E-state index contributed by atoms with van der Waals surface area (Å²) < 4.78 is 10.3. The molecule has 0 heterocycles. The monoisotopic (exact) mass is 321 g/mol. The van der Waals surface area contributed by atoms with E-state index in [1.807, 2.05) is 0 Å². The summed E-state index contributed by atoms with van der Waals surface area (Å²) in [5.74, 6) is 1.09. The van der Waals surface area contributed by atoms with E-state index in [0.717, 1.165) is 25.4 Å². The van der Waals surface area contributed by atoms with Crippen LogP contribution in [0.2, 0.25) is 0 Å². The fraction of sp³-hybridized carbons (Fsp3) is 0.611. The minimum atomic E-state index is -0.513. The summed E-state index contributed by atoms with van der Waals surface area (Å²) in [5.41, 5.74) is 0.485. The first-order valence-corrected chi connectivity index (χ1v) is 8.34. The highest BCUT2D eigenvalue weighted by Gasteiger charge is 2.25. The van der Waals surface area contributed by atoms with E-state index in [0.29, 0.717) is 17.9 Å². The van der Waals surface area contributed by atoms with Gasteiger partial charge in [0.15, 0.2) is 0 Å². The Kier molecular flexibility index (Phi) is 6.86. The maximum absolute atomic E-state index is 11.4. The second-order valence-electron chi connectivity index (χ2n) is 6.18. The van der Waals surface area contributed by atoms with Crippen LogP contribution in [0.3, 0.4) is 0 Å². The van der Waals surface area contributed by atoms with Gasteiger partial charge < -0.3 is 19.5 Å². The van der Waals surface area contributed by atoms with Gasteiger partial charge in [-0.3, -0.25) is 0 Å². The molecular formula is C18H27NO4. The van der Waals surface area contributed by atoms with Crippen molar-refractivity contribution in [2.75, 3.05) is 33.4 Å². The average Bonchev–Trinajstić information content (AvgIpc) is 3.37. The maximum Gasteiger partial charge on any atom is 0.337 e. The van der Waals surface area contributed by atoms with E-state index in [1.54, 1.807) is 24.3 Å². The van der Waals surface area contributed by atoms with Crippen molar-refractivity contribution >= 4 is 5.97 Å². The largest absolute Gasteiger partial charge is 0.491 e. The number of esters is 1. The van der Waals surface area contributed by atoms with Gasteiger partial charge in [0.2, 0.25) is 0 Å². The van der Waals surface area contributed by atoms with E-state index in [9.17, 15) is 9.90 Å². The summed E-state index contributed by atoms with van der Waals surface area (Å²) in [6.45, 7) is 5.15. The standard InChI is InChI=1S/C18H27NO4/c1-3-10-19(11-14-4-5-14)12-16(20)13-23-17-8-6-15(7-9-17)18(21)22-2/h6-9,14,16,20H,3-5,10-13H2,1-2H3/t16-/m1/s1. The molecule has 2 rings (SSSR count). The lowest BCUT2D eigenvalue weighted by Gasteiger charge is -2.24. The predicted molar refractivity (Wildman–Crippen MR) is 88.7 cm³/mol. The van der Waals surface area contributed by atoms with Crippen molar-refractivity contribution in [2.45, 2.75) is 32.3 Å². The quantitative estimate of drug-likeness (QED) is 0.670. The van der Waals surface area contributed by atoms with Crippen molar-refractivity contribution in [3.63, 3.8) is 0 Å². The smallest absolute Gasteiger partial charge is 0.337 e. The highest BCUT2D eigenvalue weighted by atomic mass is 16.5. The van der Waals surface area contributed by atoms with Crippen LogP contribution in [0.15, 0.2) is 24.3 Å². The van der Waals surface area contributed by atoms with Crippen LogP contribution in [-0.2, 0) is 4.74 Å². The van der Waals surface area contributed by atoms with Gasteiger partial charge in [-0.25, -0.2) is 4.79 Å². The second-order valence-corrected chi connectivity index (χ2v) is 6.18. The van der Waals surface area contributed by atoms with Crippen LogP contribution in [0.25, 0.3) is 0 Å². The molecule has 0 bridgehead atoms. The maximum atomic E-state index is 11.4. The van der Waals surface area contributed by atoms with Gasteiger partial charge in [0.05, 0.1) is 12.7 Å². The molecule has 0 unspecified atom stereocenters. The van der Waals surface area contributed by atoms with Crippen LogP contribution in [0.1, 0.15) is 36.5 Å². The molecule has 5 heteroatoms. The Hall–Kier alpha value is -1.59. The SMILES string of the molecule is CCCN(CC1CC1)C[C@@H](O)COc1ccc(C(=O)OC)cc1. The molecular weight excluding hydrogens is 294 g/mol. The summed E-state index contributed by atoms with van der Waals surface area (Å²) in [6, 6.07) is 6.74. The molecule has 0 saturated heterocycles. The van der Waals surface area contributed by atoms with E-state index >= 15 is 0 Å². The van der Waals surface area contributed by atoms with Crippen molar-refractivity contribution in [1.82, 2.24) is 4.90 Å². The van der Waals surface area contributed by atoms with Gasteiger partial charge in [0.25, 0.3) is 0 Å². The molecule has 0 aromatic heterocycles. The van der Waals surface area contributed by atoms with Crippen molar-refractivity contribution in [1.29, 1.82) is 0 Å². The van der Waals surface area contributed by atoms with Crippen molar-refractivity contribution < 1.29 is 19.4 Å². The van der Waals surface area contributed by atoms with Crippen LogP contribution >= 0.6 is 0 Å². The lowest BCUT2D eigenvalue weighted by Crippen LogP contribution is -2.37. The fourth-order valence-electron chi connectivity index (χ4n) is 2.59. The van der Waals surface area contributed by atoms with Gasteiger partial charge in [-0.05, 0) is 56.0 Å². The zero-order valence-electron chi connectivity index (χ0n) is 14.0. The number of rotatable bonds is 10. The summed E-state index contributed by atoms with van der Waals surface area (Å²) in [5, 5.41) is 10.2. The molecule has 1 aliphatic rings. The Balaban J connectivity index is 1.76. The minimum absolute atomic E-state index is 0.252. The third-order valence-electron chi connectivity index (χ3n) is 3.94. The summed E-state index contributed by atoms with van der Waals surface area (Å²) in [4.78, 5) is 13.7. The van der Waals surface area contributed by atoms with Gasteiger partial charge in [0.1, 0.15) is 18.5 Å². The third kappa shape index (κ3) is 6.20. The molecule has 1 aromatic carbocycles. The topological polar surface area (TPSA) is 59.0 Å². The van der Waals surface area contributed by atoms with Crippen LogP contribution in [0.4, 0.5) is 0 Å². The zero-order valence-corrected chi connectivity index (χ0v) is 14.0. The second kappa shape index (κ2) is 8.89. The van der Waals surface area contributed by atoms with Gasteiger partial charge in [-0.2, -0.15) is 0 Å². The minimum Gasteiger partial charge on any atom is -0.491 e. The third-order valence-corrected chi connectivity index (χ3v) is 3.94. The Morgan fingerprint density at radius 3 is 2.61 bits per heavy atom. The van der Waals surface area contributed by atoms with Crippen molar-refractivity contribution in [3.8, 4) is 5.75 Å². The molecule has 1 fully saturated rings. The molecule has 0 amide bonds. The van der Waals surface area contributed by atoms with E-state index in [1.165, 1.54) is 20.0 Å². The number of aliphatic hydroxyl groups is 1. The molecule has 0 radical (unpaired) electrons. The van der Waals surface area contributed by atoms with Gasteiger partial charge in [-0.15, -0.1) is 0 Å². The van der Waals surface area contributed by atoms with E-state index in [2.05, 4.69) is 16.6 Å². The highest BCUT2D eigenvalue weighted by molar-refractivity contribution is 5.89. The number of aliphatic hydroxyl groups excluding tert-OH is 1. The molecule has 5 nitrogen and oxygen atoms in total. The first kappa shape index (κ1) is 17.8. The molecule has 23 heavy (non-hydrogen) atoms. The van der Waals surface area contributed by atoms with Crippen molar-refractivity contribution in [3.05, 3.63) is 29.8 Å². The first-order chi connectivity index (χ1) is 11.1. The number of nitrogens with zero attached hydrogens (tertiary/aromatic N) is 1. The number of hydrogen-bond acceptors (Lipinski definition) is 5. The molecule has 128 valence electrons. The first-order valence-electron chi connectivity index (χ1n) is 8.34. The molecule has 1 saturated carbocycles. The van der Waals surface area contributed by atoms with Gasteiger partial charge >= 0.3 is 5.97 Å². The number of methoxy groups -OCH3 is 1. The number of carbonyl (C=O) groups excluding carboxylic acids is 1. The Morgan fingerprint density at radius 2 is 2.04 bits per heavy atom. The van der Waals surface area contributed by atoms with Gasteiger partial charge in [0, 0.05) is 13.1 Å². The Morgan fingerprint density at radius 1 is 1.35 bits per heavy atom. The molecule has 0 spiro atoms. The Labute approximate surface area is 138 Å². The summed E-state index contributed by atoms with van der Waals surface area (Å²) >= 11 is 0. The number of benzene rings is 1. The molecule has 1 N–H and O–H groups in total. The molecule has 0 aliphatic heterocycles. The molecule has 1 aromatic rings. The van der Waals surface area contributed by atoms with Crippen LogP contribution in [0.5, 0.6) is 5.75 Å². The summed E-state index contributed by atoms with van der Waals surface area (Å²) in [6.07, 6.45) is 3.22. The van der Waals surface area contributed by atoms with E-state index < -0.39 is 6.10 Å². The Bertz CT molecular complexity index is 484. The van der Waals surface area contributed by atoms with Crippen LogP contribution in [0, 0.1) is 5.92 Å². The van der Waals surface area contributed by atoms with E-state index in [-0.39, 0.29) is 12.6 Å². The predicted octanol–water partition coefficient (Wildman–Crippen LogP) is 2.33. The number of carbonyl (C=O) groups is 1. The zero-order chi connectivity index (χ0) is 16.7.